The Morgan fingerprint density at radius 1 is 1.56 bits per heavy atom. The first-order valence-corrected chi connectivity index (χ1v) is 3.28. The molecule has 0 aliphatic heterocycles. The predicted octanol–water partition coefficient (Wildman–Crippen LogP) is -0.609. The molecule has 3 heteroatoms. The molecule has 0 spiro atoms. The van der Waals surface area contributed by atoms with E-state index in [0.717, 1.165) is 12.8 Å². The molecule has 0 aromatic rings. The molecule has 1 fully saturated rings. The van der Waals surface area contributed by atoms with Crippen LogP contribution in [0.25, 0.3) is 0 Å². The molecular weight excluding hydrogens is 116 g/mol. The largest absolute Gasteiger partial charge is 0.390 e. The van der Waals surface area contributed by atoms with Crippen LogP contribution in [0.1, 0.15) is 19.8 Å². The van der Waals surface area contributed by atoms with Gasteiger partial charge < -0.3 is 16.6 Å². The molecule has 9 heavy (non-hydrogen) atoms. The van der Waals surface area contributed by atoms with Crippen molar-refractivity contribution in [3.63, 3.8) is 0 Å². The monoisotopic (exact) mass is 130 g/mol. The molecule has 0 aromatic heterocycles. The van der Waals surface area contributed by atoms with Gasteiger partial charge in [0.2, 0.25) is 0 Å². The maximum atomic E-state index is 9.18. The van der Waals surface area contributed by atoms with Gasteiger partial charge >= 0.3 is 0 Å². The molecule has 2 unspecified atom stereocenters. The van der Waals surface area contributed by atoms with Crippen LogP contribution >= 0.6 is 0 Å². The summed E-state index contributed by atoms with van der Waals surface area (Å²) in [6.07, 6.45) is 0.966. The van der Waals surface area contributed by atoms with Crippen molar-refractivity contribution < 1.29 is 5.11 Å². The minimum atomic E-state index is -0.820. The molecule has 1 rings (SSSR count). The minimum Gasteiger partial charge on any atom is -0.390 e. The van der Waals surface area contributed by atoms with Crippen LogP contribution in [0.5, 0.6) is 0 Å². The third kappa shape index (κ3) is 1.23. The van der Waals surface area contributed by atoms with E-state index in [1.807, 2.05) is 6.92 Å². The second-order valence-corrected chi connectivity index (χ2v) is 3.17. The first-order valence-electron chi connectivity index (χ1n) is 3.28. The summed E-state index contributed by atoms with van der Waals surface area (Å²) >= 11 is 0. The highest BCUT2D eigenvalue weighted by Gasteiger charge is 2.38. The van der Waals surface area contributed by atoms with Crippen LogP contribution in [0.15, 0.2) is 0 Å². The topological polar surface area (TPSA) is 72.3 Å². The average Bonchev–Trinajstić information content (AvgIpc) is 1.79. The molecule has 1 saturated carbocycles. The highest BCUT2D eigenvalue weighted by Crippen LogP contribution is 2.28. The number of hydrogen-bond donors (Lipinski definition) is 3. The van der Waals surface area contributed by atoms with Crippen LogP contribution in [0, 0.1) is 5.92 Å². The number of nitrogens with two attached hydrogens (primary N) is 2. The molecule has 0 amide bonds. The van der Waals surface area contributed by atoms with Crippen molar-refractivity contribution in [1.82, 2.24) is 0 Å². The van der Waals surface area contributed by atoms with Crippen LogP contribution in [-0.2, 0) is 0 Å². The zero-order valence-electron chi connectivity index (χ0n) is 5.67. The summed E-state index contributed by atoms with van der Waals surface area (Å²) in [6, 6.07) is 0. The first kappa shape index (κ1) is 6.99. The van der Waals surface area contributed by atoms with Gasteiger partial charge in [-0.2, -0.15) is 0 Å². The predicted molar refractivity (Wildman–Crippen MR) is 35.5 cm³/mol. The minimum absolute atomic E-state index is 0.468. The van der Waals surface area contributed by atoms with Crippen LogP contribution < -0.4 is 11.5 Å². The van der Waals surface area contributed by atoms with E-state index in [1.165, 1.54) is 0 Å². The normalized spacial score (nSPS) is 41.3. The highest BCUT2D eigenvalue weighted by atomic mass is 16.3. The Morgan fingerprint density at radius 2 is 2.11 bits per heavy atom. The van der Waals surface area contributed by atoms with Crippen LogP contribution in [-0.4, -0.2) is 16.9 Å². The van der Waals surface area contributed by atoms with Crippen molar-refractivity contribution >= 4 is 0 Å². The summed E-state index contributed by atoms with van der Waals surface area (Å²) in [6.45, 7) is 2.05. The molecule has 1 aliphatic carbocycles. The van der Waals surface area contributed by atoms with Gasteiger partial charge in [0.1, 0.15) is 0 Å². The van der Waals surface area contributed by atoms with Crippen molar-refractivity contribution in [2.45, 2.75) is 31.5 Å². The van der Waals surface area contributed by atoms with E-state index in [4.69, 9.17) is 11.5 Å². The van der Waals surface area contributed by atoms with Gasteiger partial charge in [0.25, 0.3) is 0 Å². The van der Waals surface area contributed by atoms with Gasteiger partial charge in [-0.1, -0.05) is 6.92 Å². The molecule has 2 atom stereocenters. The quantitative estimate of drug-likeness (QED) is 0.383. The maximum absolute atomic E-state index is 9.18. The van der Waals surface area contributed by atoms with E-state index in [0.29, 0.717) is 5.92 Å². The molecule has 0 heterocycles. The Kier molecular flexibility index (Phi) is 1.50. The highest BCUT2D eigenvalue weighted by molar-refractivity contribution is 4.94. The van der Waals surface area contributed by atoms with E-state index in [1.54, 1.807) is 0 Å². The second kappa shape index (κ2) is 1.94. The average molecular weight is 130 g/mol. The van der Waals surface area contributed by atoms with Crippen LogP contribution in [0.4, 0.5) is 0 Å². The molecule has 0 saturated heterocycles. The van der Waals surface area contributed by atoms with E-state index in [-0.39, 0.29) is 0 Å². The Balaban J connectivity index is 2.58. The number of hydrogen-bond acceptors (Lipinski definition) is 3. The zero-order valence-corrected chi connectivity index (χ0v) is 5.67. The van der Waals surface area contributed by atoms with E-state index < -0.39 is 11.8 Å². The molecule has 1 aliphatic rings. The van der Waals surface area contributed by atoms with Gasteiger partial charge in [-0.05, 0) is 18.8 Å². The molecule has 3 nitrogen and oxygen atoms in total. The SMILES string of the molecule is CC1CC(O)C(N)(N)C1. The molecule has 0 aromatic carbocycles. The van der Waals surface area contributed by atoms with Gasteiger partial charge in [0.15, 0.2) is 0 Å². The van der Waals surface area contributed by atoms with Crippen molar-refractivity contribution in [3.8, 4) is 0 Å². The zero-order chi connectivity index (χ0) is 7.07. The fourth-order valence-corrected chi connectivity index (χ4v) is 1.42. The molecule has 0 bridgehead atoms. The van der Waals surface area contributed by atoms with Gasteiger partial charge in [0.05, 0.1) is 11.8 Å². The molecular formula is C6H14N2O. The third-order valence-electron chi connectivity index (χ3n) is 1.95. The van der Waals surface area contributed by atoms with Crippen molar-refractivity contribution in [2.24, 2.45) is 17.4 Å². The summed E-state index contributed by atoms with van der Waals surface area (Å²) in [5, 5.41) is 9.18. The maximum Gasteiger partial charge on any atom is 0.0906 e. The van der Waals surface area contributed by atoms with Crippen molar-refractivity contribution in [3.05, 3.63) is 0 Å². The molecule has 5 N–H and O–H groups in total. The Bertz CT molecular complexity index is 114. The lowest BCUT2D eigenvalue weighted by atomic mass is 10.1. The van der Waals surface area contributed by atoms with Crippen LogP contribution in [0.2, 0.25) is 0 Å². The summed E-state index contributed by atoms with van der Waals surface area (Å²) in [5.74, 6) is 0.468. The number of rotatable bonds is 0. The van der Waals surface area contributed by atoms with Gasteiger partial charge in [-0.25, -0.2) is 0 Å². The first-order chi connectivity index (χ1) is 4.02. The Hall–Kier alpha value is -0.120. The van der Waals surface area contributed by atoms with E-state index in [2.05, 4.69) is 0 Å². The lowest BCUT2D eigenvalue weighted by molar-refractivity contribution is 0.113. The summed E-state index contributed by atoms with van der Waals surface area (Å²) in [7, 11) is 0. The van der Waals surface area contributed by atoms with E-state index in [9.17, 15) is 5.11 Å². The number of aliphatic hydroxyl groups excluding tert-OH is 1. The fourth-order valence-electron chi connectivity index (χ4n) is 1.42. The van der Waals surface area contributed by atoms with Crippen molar-refractivity contribution in [1.29, 1.82) is 0 Å². The van der Waals surface area contributed by atoms with Gasteiger partial charge in [-0.3, -0.25) is 0 Å². The Labute approximate surface area is 55.0 Å². The summed E-state index contributed by atoms with van der Waals surface area (Å²) in [5.41, 5.74) is 10.3. The second-order valence-electron chi connectivity index (χ2n) is 3.17. The third-order valence-corrected chi connectivity index (χ3v) is 1.95. The van der Waals surface area contributed by atoms with E-state index >= 15 is 0 Å². The van der Waals surface area contributed by atoms with Crippen molar-refractivity contribution in [2.75, 3.05) is 0 Å². The smallest absolute Gasteiger partial charge is 0.0906 e. The fraction of sp³-hybridized carbons (Fsp3) is 1.00. The standard InChI is InChI=1S/C6H14N2O/c1-4-2-5(9)6(7,8)3-4/h4-5,9H,2-3,7-8H2,1H3. The molecule has 54 valence electrons. The lowest BCUT2D eigenvalue weighted by Gasteiger charge is -2.21. The lowest BCUT2D eigenvalue weighted by Crippen LogP contribution is -2.55. The molecule has 0 radical (unpaired) electrons. The number of aliphatic hydroxyl groups is 1. The summed E-state index contributed by atoms with van der Waals surface area (Å²) < 4.78 is 0. The summed E-state index contributed by atoms with van der Waals surface area (Å²) in [4.78, 5) is 0. The van der Waals surface area contributed by atoms with Crippen LogP contribution in [0.3, 0.4) is 0 Å². The van der Waals surface area contributed by atoms with Gasteiger partial charge in [0, 0.05) is 0 Å². The van der Waals surface area contributed by atoms with Gasteiger partial charge in [-0.15, -0.1) is 0 Å². The Morgan fingerprint density at radius 3 is 2.22 bits per heavy atom.